The van der Waals surface area contributed by atoms with Crippen LogP contribution < -0.4 is 4.74 Å². The fraction of sp³-hybridized carbons (Fsp3) is 0.556. The SMILES string of the molecule is CC[C@H]1CCCn2nc(-c3ccc(C)nc3)c(C(C)C)c2O1. The Labute approximate surface area is 132 Å². The third-order valence-corrected chi connectivity index (χ3v) is 4.33. The molecule has 2 aromatic rings. The first-order chi connectivity index (χ1) is 10.6. The molecule has 0 amide bonds. The van der Waals surface area contributed by atoms with Crippen LogP contribution in [-0.2, 0) is 6.54 Å². The molecule has 0 fully saturated rings. The van der Waals surface area contributed by atoms with Crippen molar-refractivity contribution >= 4 is 0 Å². The number of hydrogen-bond donors (Lipinski definition) is 0. The Bertz CT molecular complexity index is 643. The standard InChI is InChI=1S/C18H25N3O/c1-5-15-7-6-10-21-18(22-15)16(12(2)3)17(20-21)14-9-8-13(4)19-11-14/h8-9,11-12,15H,5-7,10H2,1-4H3/t15-/m0/s1. The fourth-order valence-corrected chi connectivity index (χ4v) is 3.05. The third kappa shape index (κ3) is 2.74. The summed E-state index contributed by atoms with van der Waals surface area (Å²) in [5, 5.41) is 4.85. The molecule has 0 aromatic carbocycles. The predicted octanol–water partition coefficient (Wildman–Crippen LogP) is 4.33. The highest BCUT2D eigenvalue weighted by molar-refractivity contribution is 5.65. The zero-order valence-corrected chi connectivity index (χ0v) is 14.0. The van der Waals surface area contributed by atoms with Crippen LogP contribution in [0.4, 0.5) is 0 Å². The zero-order valence-electron chi connectivity index (χ0n) is 14.0. The molecule has 1 atom stereocenters. The first kappa shape index (κ1) is 15.1. The highest BCUT2D eigenvalue weighted by Crippen LogP contribution is 2.38. The number of aryl methyl sites for hydroxylation is 2. The van der Waals surface area contributed by atoms with Gasteiger partial charge in [-0.1, -0.05) is 20.8 Å². The second-order valence-corrected chi connectivity index (χ2v) is 6.42. The summed E-state index contributed by atoms with van der Waals surface area (Å²) in [4.78, 5) is 4.42. The van der Waals surface area contributed by atoms with Crippen LogP contribution in [0.1, 0.15) is 57.2 Å². The Morgan fingerprint density at radius 3 is 2.82 bits per heavy atom. The Morgan fingerprint density at radius 2 is 2.18 bits per heavy atom. The quantitative estimate of drug-likeness (QED) is 0.847. The summed E-state index contributed by atoms with van der Waals surface area (Å²) in [6.07, 6.45) is 5.50. The minimum Gasteiger partial charge on any atom is -0.474 e. The van der Waals surface area contributed by atoms with Crippen LogP contribution in [0.25, 0.3) is 11.3 Å². The van der Waals surface area contributed by atoms with Crippen LogP contribution in [0.2, 0.25) is 0 Å². The molecule has 2 aromatic heterocycles. The summed E-state index contributed by atoms with van der Waals surface area (Å²) >= 11 is 0. The minimum absolute atomic E-state index is 0.305. The normalized spacial score (nSPS) is 18.0. The van der Waals surface area contributed by atoms with Crippen LogP contribution in [0.15, 0.2) is 18.3 Å². The van der Waals surface area contributed by atoms with E-state index in [2.05, 4.69) is 36.5 Å². The Balaban J connectivity index is 2.10. The molecule has 4 heteroatoms. The zero-order chi connectivity index (χ0) is 15.7. The van der Waals surface area contributed by atoms with E-state index in [1.807, 2.05) is 19.2 Å². The lowest BCUT2D eigenvalue weighted by Gasteiger charge is -2.16. The number of nitrogens with zero attached hydrogens (tertiary/aromatic N) is 3. The highest BCUT2D eigenvalue weighted by Gasteiger charge is 2.26. The fourth-order valence-electron chi connectivity index (χ4n) is 3.05. The average molecular weight is 299 g/mol. The summed E-state index contributed by atoms with van der Waals surface area (Å²) in [7, 11) is 0. The molecule has 0 radical (unpaired) electrons. The van der Waals surface area contributed by atoms with Gasteiger partial charge in [-0.15, -0.1) is 0 Å². The largest absolute Gasteiger partial charge is 0.474 e. The lowest BCUT2D eigenvalue weighted by molar-refractivity contribution is 0.182. The maximum absolute atomic E-state index is 6.30. The molecule has 0 bridgehead atoms. The van der Waals surface area contributed by atoms with Gasteiger partial charge in [0.1, 0.15) is 11.8 Å². The van der Waals surface area contributed by atoms with Gasteiger partial charge in [-0.25, -0.2) is 4.68 Å². The topological polar surface area (TPSA) is 39.9 Å². The molecule has 0 spiro atoms. The number of pyridine rings is 1. The lowest BCUT2D eigenvalue weighted by Crippen LogP contribution is -2.15. The molecule has 4 nitrogen and oxygen atoms in total. The van der Waals surface area contributed by atoms with Crippen molar-refractivity contribution in [3.63, 3.8) is 0 Å². The molecular weight excluding hydrogens is 274 g/mol. The van der Waals surface area contributed by atoms with Gasteiger partial charge in [0.25, 0.3) is 0 Å². The van der Waals surface area contributed by atoms with Gasteiger partial charge in [-0.05, 0) is 44.2 Å². The van der Waals surface area contributed by atoms with Gasteiger partial charge in [-0.2, -0.15) is 5.10 Å². The summed E-state index contributed by atoms with van der Waals surface area (Å²) in [6, 6.07) is 4.15. The molecule has 3 rings (SSSR count). The highest BCUT2D eigenvalue weighted by atomic mass is 16.5. The van der Waals surface area contributed by atoms with Gasteiger partial charge in [0.05, 0.1) is 0 Å². The van der Waals surface area contributed by atoms with Crippen molar-refractivity contribution in [2.75, 3.05) is 0 Å². The molecule has 1 aliphatic heterocycles. The van der Waals surface area contributed by atoms with E-state index in [1.165, 1.54) is 5.56 Å². The summed E-state index contributed by atoms with van der Waals surface area (Å²) in [5.41, 5.74) is 4.34. The number of ether oxygens (including phenoxy) is 1. The first-order valence-electron chi connectivity index (χ1n) is 8.30. The van der Waals surface area contributed by atoms with Crippen LogP contribution in [0.5, 0.6) is 5.88 Å². The van der Waals surface area contributed by atoms with E-state index >= 15 is 0 Å². The summed E-state index contributed by atoms with van der Waals surface area (Å²) in [5.74, 6) is 1.34. The van der Waals surface area contributed by atoms with E-state index < -0.39 is 0 Å². The Morgan fingerprint density at radius 1 is 1.36 bits per heavy atom. The second kappa shape index (κ2) is 6.11. The smallest absolute Gasteiger partial charge is 0.216 e. The van der Waals surface area contributed by atoms with Gasteiger partial charge < -0.3 is 4.74 Å². The van der Waals surface area contributed by atoms with Crippen LogP contribution in [0, 0.1) is 6.92 Å². The van der Waals surface area contributed by atoms with Crippen molar-refractivity contribution in [2.24, 2.45) is 0 Å². The molecule has 0 aliphatic carbocycles. The third-order valence-electron chi connectivity index (χ3n) is 4.33. The van der Waals surface area contributed by atoms with Crippen LogP contribution in [0.3, 0.4) is 0 Å². The van der Waals surface area contributed by atoms with E-state index in [-0.39, 0.29) is 0 Å². The van der Waals surface area contributed by atoms with E-state index in [0.717, 1.165) is 48.6 Å². The second-order valence-electron chi connectivity index (χ2n) is 6.42. The van der Waals surface area contributed by atoms with Gasteiger partial charge in [-0.3, -0.25) is 4.98 Å². The number of hydrogen-bond acceptors (Lipinski definition) is 3. The Kier molecular flexibility index (Phi) is 4.19. The number of rotatable bonds is 3. The van der Waals surface area contributed by atoms with Crippen molar-refractivity contribution in [3.05, 3.63) is 29.6 Å². The number of fused-ring (bicyclic) bond motifs is 1. The van der Waals surface area contributed by atoms with Crippen molar-refractivity contribution < 1.29 is 4.74 Å². The first-order valence-corrected chi connectivity index (χ1v) is 8.30. The molecule has 0 saturated heterocycles. The lowest BCUT2D eigenvalue weighted by atomic mass is 10.00. The molecule has 0 unspecified atom stereocenters. The molecule has 22 heavy (non-hydrogen) atoms. The van der Waals surface area contributed by atoms with Crippen molar-refractivity contribution in [3.8, 4) is 17.1 Å². The van der Waals surface area contributed by atoms with Gasteiger partial charge in [0.15, 0.2) is 0 Å². The Hall–Kier alpha value is -1.84. The maximum atomic E-state index is 6.30. The maximum Gasteiger partial charge on any atom is 0.216 e. The van der Waals surface area contributed by atoms with Gasteiger partial charge >= 0.3 is 0 Å². The van der Waals surface area contributed by atoms with E-state index in [1.54, 1.807) is 0 Å². The molecular formula is C18H25N3O. The average Bonchev–Trinajstić information content (AvgIpc) is 2.73. The van der Waals surface area contributed by atoms with E-state index in [9.17, 15) is 0 Å². The number of aromatic nitrogens is 3. The molecule has 1 aliphatic rings. The van der Waals surface area contributed by atoms with Gasteiger partial charge in [0, 0.05) is 29.6 Å². The van der Waals surface area contributed by atoms with E-state index in [4.69, 9.17) is 9.84 Å². The van der Waals surface area contributed by atoms with E-state index in [0.29, 0.717) is 12.0 Å². The molecule has 0 saturated carbocycles. The molecule has 3 heterocycles. The van der Waals surface area contributed by atoms with Gasteiger partial charge in [0.2, 0.25) is 5.88 Å². The summed E-state index contributed by atoms with van der Waals surface area (Å²) < 4.78 is 8.36. The van der Waals surface area contributed by atoms with Crippen LogP contribution in [-0.4, -0.2) is 20.9 Å². The minimum atomic E-state index is 0.305. The van der Waals surface area contributed by atoms with Crippen molar-refractivity contribution in [1.82, 2.24) is 14.8 Å². The predicted molar refractivity (Wildman–Crippen MR) is 88.2 cm³/mol. The monoisotopic (exact) mass is 299 g/mol. The summed E-state index contributed by atoms with van der Waals surface area (Å²) in [6.45, 7) is 9.54. The molecule has 118 valence electrons. The van der Waals surface area contributed by atoms with Crippen LogP contribution >= 0.6 is 0 Å². The van der Waals surface area contributed by atoms with Crippen molar-refractivity contribution in [2.45, 2.75) is 65.5 Å². The van der Waals surface area contributed by atoms with Crippen molar-refractivity contribution in [1.29, 1.82) is 0 Å². The molecule has 0 N–H and O–H groups in total.